The summed E-state index contributed by atoms with van der Waals surface area (Å²) < 4.78 is 32.2. The highest BCUT2D eigenvalue weighted by Gasteiger charge is 2.15. The van der Waals surface area contributed by atoms with Crippen LogP contribution in [0.3, 0.4) is 0 Å². The van der Waals surface area contributed by atoms with E-state index in [0.29, 0.717) is 21.1 Å². The lowest BCUT2D eigenvalue weighted by molar-refractivity contribution is 0.398. The average Bonchev–Trinajstić information content (AvgIpc) is 2.42. The van der Waals surface area contributed by atoms with Crippen molar-refractivity contribution in [2.24, 2.45) is 0 Å². The Morgan fingerprint density at radius 2 is 2.05 bits per heavy atom. The molecular weight excluding hydrogens is 368 g/mol. The van der Waals surface area contributed by atoms with Crippen molar-refractivity contribution in [2.75, 3.05) is 11.8 Å². The van der Waals surface area contributed by atoms with Gasteiger partial charge in [0.2, 0.25) is 5.88 Å². The normalized spacial score (nSPS) is 11.2. The van der Waals surface area contributed by atoms with Gasteiger partial charge in [0.1, 0.15) is 0 Å². The van der Waals surface area contributed by atoms with Crippen molar-refractivity contribution in [1.29, 1.82) is 0 Å². The number of halogens is 2. The lowest BCUT2D eigenvalue weighted by Gasteiger charge is -2.09. The van der Waals surface area contributed by atoms with Crippen LogP contribution in [0.25, 0.3) is 0 Å². The minimum atomic E-state index is -3.69. The summed E-state index contributed by atoms with van der Waals surface area (Å²) in [4.78, 5) is 4.03. The Balaban J connectivity index is 2.27. The average molecular weight is 378 g/mol. The maximum absolute atomic E-state index is 12.2. The molecule has 0 aliphatic heterocycles. The van der Waals surface area contributed by atoms with Crippen LogP contribution < -0.4 is 9.46 Å². The molecule has 0 radical (unpaired) electrons. The second-order valence-corrected chi connectivity index (χ2v) is 6.71. The van der Waals surface area contributed by atoms with Crippen molar-refractivity contribution in [1.82, 2.24) is 4.98 Å². The number of benzene rings is 1. The van der Waals surface area contributed by atoms with E-state index < -0.39 is 10.0 Å². The van der Waals surface area contributed by atoms with Crippen LogP contribution in [-0.2, 0) is 10.0 Å². The van der Waals surface area contributed by atoms with Crippen molar-refractivity contribution < 1.29 is 13.2 Å². The maximum Gasteiger partial charge on any atom is 0.261 e. The van der Waals surface area contributed by atoms with Crippen LogP contribution >= 0.6 is 27.5 Å². The molecule has 1 aromatic carbocycles. The first kappa shape index (κ1) is 15.1. The topological polar surface area (TPSA) is 68.3 Å². The fraction of sp³-hybridized carbons (Fsp3) is 0.0833. The van der Waals surface area contributed by atoms with Gasteiger partial charge in [0, 0.05) is 10.5 Å². The largest absolute Gasteiger partial charge is 0.481 e. The van der Waals surface area contributed by atoms with Crippen molar-refractivity contribution >= 4 is 43.2 Å². The standard InChI is InChI=1S/C12H10BrClN2O3S/c1-19-12-5-2-8(7-15-12)16-20(17,18)9-3-4-11(14)10(13)6-9/h2-7,16H,1H3. The predicted octanol–water partition coefficient (Wildman–Crippen LogP) is 3.31. The van der Waals surface area contributed by atoms with Crippen molar-refractivity contribution in [3.05, 3.63) is 46.0 Å². The summed E-state index contributed by atoms with van der Waals surface area (Å²) in [6.45, 7) is 0. The summed E-state index contributed by atoms with van der Waals surface area (Å²) in [6.07, 6.45) is 1.38. The first-order valence-electron chi connectivity index (χ1n) is 5.40. The summed E-state index contributed by atoms with van der Waals surface area (Å²) >= 11 is 9.03. The van der Waals surface area contributed by atoms with Gasteiger partial charge in [0.15, 0.2) is 0 Å². The highest BCUT2D eigenvalue weighted by atomic mass is 79.9. The van der Waals surface area contributed by atoms with E-state index in [1.807, 2.05) is 0 Å². The van der Waals surface area contributed by atoms with E-state index in [4.69, 9.17) is 16.3 Å². The number of rotatable bonds is 4. The van der Waals surface area contributed by atoms with E-state index in [-0.39, 0.29) is 4.90 Å². The first-order valence-corrected chi connectivity index (χ1v) is 8.06. The molecule has 5 nitrogen and oxygen atoms in total. The first-order chi connectivity index (χ1) is 9.42. The number of methoxy groups -OCH3 is 1. The van der Waals surface area contributed by atoms with Crippen LogP contribution in [0.4, 0.5) is 5.69 Å². The molecule has 1 N–H and O–H groups in total. The monoisotopic (exact) mass is 376 g/mol. The van der Waals surface area contributed by atoms with Crippen LogP contribution in [0.2, 0.25) is 5.02 Å². The van der Waals surface area contributed by atoms with Gasteiger partial charge in [-0.15, -0.1) is 0 Å². The van der Waals surface area contributed by atoms with Crippen molar-refractivity contribution in [3.8, 4) is 5.88 Å². The predicted molar refractivity (Wildman–Crippen MR) is 80.7 cm³/mol. The Morgan fingerprint density at radius 1 is 1.30 bits per heavy atom. The smallest absolute Gasteiger partial charge is 0.261 e. The van der Waals surface area contributed by atoms with Gasteiger partial charge in [-0.3, -0.25) is 4.72 Å². The van der Waals surface area contributed by atoms with E-state index in [1.54, 1.807) is 12.1 Å². The molecule has 8 heteroatoms. The molecule has 0 saturated carbocycles. The maximum atomic E-state index is 12.2. The Hall–Kier alpha value is -1.31. The molecule has 106 valence electrons. The number of anilines is 1. The second kappa shape index (κ2) is 5.99. The highest BCUT2D eigenvalue weighted by molar-refractivity contribution is 9.10. The van der Waals surface area contributed by atoms with Gasteiger partial charge in [-0.25, -0.2) is 13.4 Å². The molecule has 0 bridgehead atoms. The van der Waals surface area contributed by atoms with Gasteiger partial charge in [-0.2, -0.15) is 0 Å². The summed E-state index contributed by atoms with van der Waals surface area (Å²) in [5.74, 6) is 0.405. The fourth-order valence-electron chi connectivity index (χ4n) is 1.42. The number of nitrogens with one attached hydrogen (secondary N) is 1. The van der Waals surface area contributed by atoms with E-state index in [1.165, 1.54) is 31.5 Å². The summed E-state index contributed by atoms with van der Waals surface area (Å²) in [5, 5.41) is 0.440. The van der Waals surface area contributed by atoms with E-state index in [0.717, 1.165) is 0 Å². The minimum absolute atomic E-state index is 0.101. The Bertz CT molecular complexity index is 720. The molecule has 1 heterocycles. The van der Waals surface area contributed by atoms with E-state index in [9.17, 15) is 8.42 Å². The molecule has 0 atom stereocenters. The highest BCUT2D eigenvalue weighted by Crippen LogP contribution is 2.26. The molecule has 0 spiro atoms. The molecule has 0 aliphatic rings. The zero-order chi connectivity index (χ0) is 14.8. The van der Waals surface area contributed by atoms with Gasteiger partial charge in [0.05, 0.1) is 28.9 Å². The van der Waals surface area contributed by atoms with Gasteiger partial charge in [-0.1, -0.05) is 11.6 Å². The quantitative estimate of drug-likeness (QED) is 0.887. The summed E-state index contributed by atoms with van der Waals surface area (Å²) in [6, 6.07) is 7.49. The summed E-state index contributed by atoms with van der Waals surface area (Å²) in [7, 11) is -2.21. The minimum Gasteiger partial charge on any atom is -0.481 e. The van der Waals surface area contributed by atoms with Crippen molar-refractivity contribution in [2.45, 2.75) is 4.90 Å². The Kier molecular flexibility index (Phi) is 4.52. The molecule has 2 aromatic rings. The number of aromatic nitrogens is 1. The van der Waals surface area contributed by atoms with Crippen molar-refractivity contribution in [3.63, 3.8) is 0 Å². The van der Waals surface area contributed by atoms with Crippen LogP contribution in [0, 0.1) is 0 Å². The third kappa shape index (κ3) is 3.41. The molecule has 20 heavy (non-hydrogen) atoms. The van der Waals surface area contributed by atoms with Crippen LogP contribution in [0.1, 0.15) is 0 Å². The number of pyridine rings is 1. The fourth-order valence-corrected chi connectivity index (χ4v) is 3.14. The molecule has 0 saturated heterocycles. The number of sulfonamides is 1. The lowest BCUT2D eigenvalue weighted by Crippen LogP contribution is -2.13. The SMILES string of the molecule is COc1ccc(NS(=O)(=O)c2ccc(Cl)c(Br)c2)cn1. The number of ether oxygens (including phenoxy) is 1. The zero-order valence-corrected chi connectivity index (χ0v) is 13.5. The Labute approximate surface area is 130 Å². The number of nitrogens with zero attached hydrogens (tertiary/aromatic N) is 1. The lowest BCUT2D eigenvalue weighted by atomic mass is 10.4. The molecule has 0 amide bonds. The molecular formula is C12H10BrClN2O3S. The molecule has 0 fully saturated rings. The van der Waals surface area contributed by atoms with Gasteiger partial charge >= 0.3 is 0 Å². The number of hydrogen-bond donors (Lipinski definition) is 1. The van der Waals surface area contributed by atoms with E-state index >= 15 is 0 Å². The van der Waals surface area contributed by atoms with Gasteiger partial charge in [-0.05, 0) is 40.2 Å². The van der Waals surface area contributed by atoms with E-state index in [2.05, 4.69) is 25.6 Å². The summed E-state index contributed by atoms with van der Waals surface area (Å²) in [5.41, 5.74) is 0.344. The zero-order valence-electron chi connectivity index (χ0n) is 10.3. The van der Waals surface area contributed by atoms with Gasteiger partial charge < -0.3 is 4.74 Å². The third-order valence-corrected chi connectivity index (χ3v) is 4.99. The molecule has 0 aliphatic carbocycles. The number of hydrogen-bond acceptors (Lipinski definition) is 4. The van der Waals surface area contributed by atoms with Crippen LogP contribution in [0.15, 0.2) is 45.9 Å². The van der Waals surface area contributed by atoms with Crippen LogP contribution in [0.5, 0.6) is 5.88 Å². The third-order valence-electron chi connectivity index (χ3n) is 2.40. The molecule has 2 rings (SSSR count). The molecule has 0 unspecified atom stereocenters. The second-order valence-electron chi connectivity index (χ2n) is 3.77. The Morgan fingerprint density at radius 3 is 2.60 bits per heavy atom. The van der Waals surface area contributed by atoms with Gasteiger partial charge in [0.25, 0.3) is 10.0 Å². The van der Waals surface area contributed by atoms with Crippen LogP contribution in [-0.4, -0.2) is 20.5 Å². The molecule has 1 aromatic heterocycles.